The van der Waals surface area contributed by atoms with Gasteiger partial charge in [-0.15, -0.1) is 11.8 Å². The van der Waals surface area contributed by atoms with Crippen LogP contribution in [0.2, 0.25) is 0 Å². The van der Waals surface area contributed by atoms with E-state index in [4.69, 9.17) is 5.11 Å². The Hall–Kier alpha value is -0.710. The summed E-state index contributed by atoms with van der Waals surface area (Å²) in [6.45, 7) is 3.59. The van der Waals surface area contributed by atoms with Crippen LogP contribution in [0.4, 0.5) is 0 Å². The lowest BCUT2D eigenvalue weighted by atomic mass is 10.0. The summed E-state index contributed by atoms with van der Waals surface area (Å²) in [6, 6.07) is -0.765. The van der Waals surface area contributed by atoms with Crippen LogP contribution in [-0.2, 0) is 9.59 Å². The fourth-order valence-corrected chi connectivity index (χ4v) is 2.71. The van der Waals surface area contributed by atoms with E-state index in [0.29, 0.717) is 0 Å². The molecule has 0 spiro atoms. The van der Waals surface area contributed by atoms with E-state index in [1.807, 2.05) is 0 Å². The van der Waals surface area contributed by atoms with Gasteiger partial charge < -0.3 is 10.4 Å². The minimum atomic E-state index is -0.957. The van der Waals surface area contributed by atoms with E-state index < -0.39 is 12.0 Å². The first-order valence-electron chi connectivity index (χ1n) is 5.17. The molecule has 1 amide bonds. The molecule has 2 atom stereocenters. The van der Waals surface area contributed by atoms with Gasteiger partial charge in [0.25, 0.3) is 0 Å². The maximum atomic E-state index is 11.7. The van der Waals surface area contributed by atoms with Crippen molar-refractivity contribution in [3.8, 4) is 0 Å². The molecule has 0 aromatic heterocycles. The highest BCUT2D eigenvalue weighted by Crippen LogP contribution is 2.26. The first-order valence-corrected chi connectivity index (χ1v) is 6.22. The second kappa shape index (κ2) is 5.39. The predicted octanol–water partition coefficient (Wildman–Crippen LogP) is 1.11. The van der Waals surface area contributed by atoms with Crippen LogP contribution in [0.3, 0.4) is 0 Å². The SMILES string of the molecule is CC(C)C(NC(=O)C1CCCS1)C(=O)O. The van der Waals surface area contributed by atoms with E-state index in [0.717, 1.165) is 18.6 Å². The lowest BCUT2D eigenvalue weighted by Crippen LogP contribution is -2.47. The Balaban J connectivity index is 2.50. The third kappa shape index (κ3) is 3.41. The molecular formula is C10H17NO3S. The molecule has 1 fully saturated rings. The van der Waals surface area contributed by atoms with E-state index in [2.05, 4.69) is 5.32 Å². The molecule has 0 radical (unpaired) electrons. The van der Waals surface area contributed by atoms with Gasteiger partial charge >= 0.3 is 5.97 Å². The Morgan fingerprint density at radius 2 is 2.13 bits per heavy atom. The Kier molecular flexibility index (Phi) is 4.45. The summed E-state index contributed by atoms with van der Waals surface area (Å²) in [5.41, 5.74) is 0. The minimum absolute atomic E-state index is 0.0504. The van der Waals surface area contributed by atoms with Crippen LogP contribution >= 0.6 is 11.8 Å². The molecule has 1 rings (SSSR count). The number of nitrogens with one attached hydrogen (secondary N) is 1. The Morgan fingerprint density at radius 3 is 2.53 bits per heavy atom. The quantitative estimate of drug-likeness (QED) is 0.760. The topological polar surface area (TPSA) is 66.4 Å². The average Bonchev–Trinajstić information content (AvgIpc) is 2.65. The molecule has 1 heterocycles. The smallest absolute Gasteiger partial charge is 0.326 e. The molecule has 1 saturated heterocycles. The number of carbonyl (C=O) groups is 2. The van der Waals surface area contributed by atoms with Crippen molar-refractivity contribution in [3.05, 3.63) is 0 Å². The van der Waals surface area contributed by atoms with E-state index in [1.54, 1.807) is 25.6 Å². The van der Waals surface area contributed by atoms with Crippen molar-refractivity contribution in [1.29, 1.82) is 0 Å². The second-order valence-corrected chi connectivity index (χ2v) is 5.38. The number of thioether (sulfide) groups is 1. The normalized spacial score (nSPS) is 22.7. The Labute approximate surface area is 93.8 Å². The summed E-state index contributed by atoms with van der Waals surface area (Å²) in [5, 5.41) is 11.5. The number of aliphatic carboxylic acids is 1. The summed E-state index contributed by atoms with van der Waals surface area (Å²) in [4.78, 5) is 22.5. The maximum absolute atomic E-state index is 11.7. The fraction of sp³-hybridized carbons (Fsp3) is 0.800. The first-order chi connectivity index (χ1) is 7.02. The van der Waals surface area contributed by atoms with Crippen molar-refractivity contribution in [2.45, 2.75) is 38.0 Å². The van der Waals surface area contributed by atoms with Crippen LogP contribution in [-0.4, -0.2) is 34.0 Å². The van der Waals surface area contributed by atoms with Gasteiger partial charge in [-0.1, -0.05) is 13.8 Å². The minimum Gasteiger partial charge on any atom is -0.480 e. The molecule has 2 unspecified atom stereocenters. The molecule has 0 aromatic carbocycles. The van der Waals surface area contributed by atoms with E-state index in [1.165, 1.54) is 0 Å². The molecule has 15 heavy (non-hydrogen) atoms. The van der Waals surface area contributed by atoms with Gasteiger partial charge in [0.15, 0.2) is 0 Å². The third-order valence-electron chi connectivity index (χ3n) is 2.45. The highest BCUT2D eigenvalue weighted by Gasteiger charge is 2.29. The molecule has 0 aliphatic carbocycles. The van der Waals surface area contributed by atoms with Crippen molar-refractivity contribution in [2.24, 2.45) is 5.92 Å². The predicted molar refractivity (Wildman–Crippen MR) is 59.9 cm³/mol. The fourth-order valence-electron chi connectivity index (χ4n) is 1.54. The molecule has 0 saturated carbocycles. The van der Waals surface area contributed by atoms with Crippen LogP contribution in [0.15, 0.2) is 0 Å². The van der Waals surface area contributed by atoms with E-state index in [9.17, 15) is 9.59 Å². The second-order valence-electron chi connectivity index (χ2n) is 4.07. The molecule has 1 aliphatic heterocycles. The van der Waals surface area contributed by atoms with Crippen molar-refractivity contribution >= 4 is 23.6 Å². The summed E-state index contributed by atoms with van der Waals surface area (Å²) in [5.74, 6) is -0.171. The number of amides is 1. The zero-order valence-electron chi connectivity index (χ0n) is 9.03. The summed E-state index contributed by atoms with van der Waals surface area (Å²) in [7, 11) is 0. The van der Waals surface area contributed by atoms with Gasteiger partial charge in [0.2, 0.25) is 5.91 Å². The van der Waals surface area contributed by atoms with Crippen molar-refractivity contribution in [2.75, 3.05) is 5.75 Å². The van der Waals surface area contributed by atoms with Gasteiger partial charge in [0, 0.05) is 0 Å². The zero-order valence-corrected chi connectivity index (χ0v) is 9.84. The van der Waals surface area contributed by atoms with E-state index >= 15 is 0 Å². The highest BCUT2D eigenvalue weighted by molar-refractivity contribution is 8.00. The number of carboxylic acids is 1. The monoisotopic (exact) mass is 231 g/mol. The highest BCUT2D eigenvalue weighted by atomic mass is 32.2. The van der Waals surface area contributed by atoms with Crippen LogP contribution in [0.1, 0.15) is 26.7 Å². The zero-order chi connectivity index (χ0) is 11.4. The van der Waals surface area contributed by atoms with Gasteiger partial charge in [0.05, 0.1) is 5.25 Å². The first kappa shape index (κ1) is 12.4. The van der Waals surface area contributed by atoms with Crippen LogP contribution in [0, 0.1) is 5.92 Å². The molecular weight excluding hydrogens is 214 g/mol. The lowest BCUT2D eigenvalue weighted by Gasteiger charge is -2.19. The molecule has 0 aromatic rings. The van der Waals surface area contributed by atoms with Crippen LogP contribution in [0.25, 0.3) is 0 Å². The van der Waals surface area contributed by atoms with Crippen molar-refractivity contribution in [1.82, 2.24) is 5.32 Å². The molecule has 2 N–H and O–H groups in total. The standard InChI is InChI=1S/C10H17NO3S/c1-6(2)8(10(13)14)11-9(12)7-4-3-5-15-7/h6-8H,3-5H2,1-2H3,(H,11,12)(H,13,14). The van der Waals surface area contributed by atoms with Crippen LogP contribution in [0.5, 0.6) is 0 Å². The summed E-state index contributed by atoms with van der Waals surface area (Å²) >= 11 is 1.61. The van der Waals surface area contributed by atoms with Crippen molar-refractivity contribution in [3.63, 3.8) is 0 Å². The molecule has 0 bridgehead atoms. The number of carboxylic acid groups (broad SMARTS) is 1. The van der Waals surface area contributed by atoms with Gasteiger partial charge in [-0.3, -0.25) is 4.79 Å². The largest absolute Gasteiger partial charge is 0.480 e. The van der Waals surface area contributed by atoms with Gasteiger partial charge in [0.1, 0.15) is 6.04 Å². The Morgan fingerprint density at radius 1 is 1.47 bits per heavy atom. The molecule has 5 heteroatoms. The number of hydrogen-bond acceptors (Lipinski definition) is 3. The summed E-state index contributed by atoms with van der Waals surface area (Å²) < 4.78 is 0. The van der Waals surface area contributed by atoms with Gasteiger partial charge in [-0.25, -0.2) is 4.79 Å². The number of rotatable bonds is 4. The molecule has 86 valence electrons. The Bertz CT molecular complexity index is 249. The van der Waals surface area contributed by atoms with Crippen molar-refractivity contribution < 1.29 is 14.7 Å². The van der Waals surface area contributed by atoms with Crippen LogP contribution < -0.4 is 5.32 Å². The lowest BCUT2D eigenvalue weighted by molar-refractivity contribution is -0.143. The maximum Gasteiger partial charge on any atom is 0.326 e. The third-order valence-corrected chi connectivity index (χ3v) is 3.83. The molecule has 1 aliphatic rings. The van der Waals surface area contributed by atoms with E-state index in [-0.39, 0.29) is 17.1 Å². The average molecular weight is 231 g/mol. The van der Waals surface area contributed by atoms with Gasteiger partial charge in [-0.05, 0) is 24.5 Å². The number of hydrogen-bond donors (Lipinski definition) is 2. The molecule has 4 nitrogen and oxygen atoms in total. The summed E-state index contributed by atoms with van der Waals surface area (Å²) in [6.07, 6.45) is 1.91. The van der Waals surface area contributed by atoms with Gasteiger partial charge in [-0.2, -0.15) is 0 Å². The number of carbonyl (C=O) groups excluding carboxylic acids is 1.